The summed E-state index contributed by atoms with van der Waals surface area (Å²) in [4.78, 5) is 4.35. The van der Waals surface area contributed by atoms with Crippen LogP contribution in [-0.4, -0.2) is 24.2 Å². The molecule has 2 aromatic rings. The number of hydrogen-bond donors (Lipinski definition) is 1. The van der Waals surface area contributed by atoms with Gasteiger partial charge in [-0.25, -0.2) is 0 Å². The van der Waals surface area contributed by atoms with Crippen LogP contribution < -0.4 is 5.73 Å². The Hall–Kier alpha value is -1.46. The molecule has 0 aliphatic carbocycles. The van der Waals surface area contributed by atoms with Crippen molar-refractivity contribution in [3.8, 4) is 0 Å². The predicted octanol–water partition coefficient (Wildman–Crippen LogP) is 3.13. The second-order valence-corrected chi connectivity index (χ2v) is 6.15. The number of ether oxygens (including phenoxy) is 2. The molecule has 2 N–H and O–H groups in total. The highest BCUT2D eigenvalue weighted by Crippen LogP contribution is 2.34. The van der Waals surface area contributed by atoms with E-state index in [1.54, 1.807) is 6.20 Å². The molecule has 1 unspecified atom stereocenters. The summed E-state index contributed by atoms with van der Waals surface area (Å²) < 4.78 is 11.8. The number of hydrogen-bond acceptors (Lipinski definition) is 4. The van der Waals surface area contributed by atoms with Crippen LogP contribution in [0.25, 0.3) is 0 Å². The van der Waals surface area contributed by atoms with Gasteiger partial charge in [-0.2, -0.15) is 0 Å². The maximum Gasteiger partial charge on any atom is 0.183 e. The lowest BCUT2D eigenvalue weighted by atomic mass is 9.81. The smallest absolute Gasteiger partial charge is 0.183 e. The van der Waals surface area contributed by atoms with Crippen LogP contribution in [0.3, 0.4) is 0 Å². The molecule has 1 fully saturated rings. The number of rotatable bonds is 4. The van der Waals surface area contributed by atoms with Crippen molar-refractivity contribution >= 4 is 12.4 Å². The van der Waals surface area contributed by atoms with Gasteiger partial charge in [-0.05, 0) is 12.1 Å². The van der Waals surface area contributed by atoms with Crippen LogP contribution >= 0.6 is 12.4 Å². The fourth-order valence-electron chi connectivity index (χ4n) is 2.63. The number of pyridine rings is 1. The highest BCUT2D eigenvalue weighted by atomic mass is 35.5. The Balaban J connectivity index is 0.00000192. The van der Waals surface area contributed by atoms with Gasteiger partial charge in [-0.15, -0.1) is 12.4 Å². The van der Waals surface area contributed by atoms with Crippen molar-refractivity contribution in [2.75, 3.05) is 13.2 Å². The number of nitrogens with zero attached hydrogens (tertiary/aromatic N) is 1. The minimum Gasteiger partial charge on any atom is -0.348 e. The van der Waals surface area contributed by atoms with Crippen LogP contribution in [-0.2, 0) is 15.9 Å². The predicted molar refractivity (Wildman–Crippen MR) is 92.4 cm³/mol. The van der Waals surface area contributed by atoms with Crippen molar-refractivity contribution in [3.63, 3.8) is 0 Å². The summed E-state index contributed by atoms with van der Waals surface area (Å²) in [5, 5.41) is 0. The van der Waals surface area contributed by atoms with E-state index in [1.165, 1.54) is 0 Å². The number of nitrogens with two attached hydrogens (primary N) is 1. The van der Waals surface area contributed by atoms with Crippen molar-refractivity contribution in [3.05, 3.63) is 66.0 Å². The molecule has 0 spiro atoms. The van der Waals surface area contributed by atoms with E-state index in [-0.39, 0.29) is 30.2 Å². The largest absolute Gasteiger partial charge is 0.348 e. The Kier molecular flexibility index (Phi) is 6.13. The lowest BCUT2D eigenvalue weighted by Crippen LogP contribution is -2.50. The van der Waals surface area contributed by atoms with Gasteiger partial charge in [0.05, 0.1) is 13.2 Å². The first-order chi connectivity index (χ1) is 10.7. The van der Waals surface area contributed by atoms with Gasteiger partial charge in [-0.3, -0.25) is 4.98 Å². The van der Waals surface area contributed by atoms with Gasteiger partial charge < -0.3 is 15.2 Å². The summed E-state index contributed by atoms with van der Waals surface area (Å²) in [6.07, 6.45) is 2.22. The van der Waals surface area contributed by atoms with E-state index < -0.39 is 0 Å². The molecule has 1 aliphatic rings. The van der Waals surface area contributed by atoms with Gasteiger partial charge in [0, 0.05) is 35.3 Å². The number of aromatic nitrogens is 1. The zero-order valence-electron chi connectivity index (χ0n) is 13.2. The quantitative estimate of drug-likeness (QED) is 0.933. The maximum atomic E-state index is 6.40. The zero-order chi connectivity index (χ0) is 15.4. The second-order valence-electron chi connectivity index (χ2n) is 6.15. The summed E-state index contributed by atoms with van der Waals surface area (Å²) >= 11 is 0. The average Bonchev–Trinajstić information content (AvgIpc) is 2.57. The molecule has 0 saturated carbocycles. The number of benzene rings is 1. The van der Waals surface area contributed by atoms with Crippen molar-refractivity contribution in [1.82, 2.24) is 4.98 Å². The SMILES string of the molecule is CC1(C(N)Cc2ccccn2)COC(c2ccccc2)OC1.Cl. The summed E-state index contributed by atoms with van der Waals surface area (Å²) in [7, 11) is 0. The van der Waals surface area contributed by atoms with Gasteiger partial charge >= 0.3 is 0 Å². The van der Waals surface area contributed by atoms with E-state index in [0.29, 0.717) is 13.2 Å². The molecule has 3 rings (SSSR count). The molecular formula is C18H23ClN2O2. The normalized spacial score (nSPS) is 25.4. The molecule has 0 bridgehead atoms. The van der Waals surface area contributed by atoms with Crippen LogP contribution in [0.1, 0.15) is 24.5 Å². The fraction of sp³-hybridized carbons (Fsp3) is 0.389. The van der Waals surface area contributed by atoms with Crippen molar-refractivity contribution < 1.29 is 9.47 Å². The minimum atomic E-state index is -0.295. The van der Waals surface area contributed by atoms with Crippen molar-refractivity contribution in [1.29, 1.82) is 0 Å². The first-order valence-corrected chi connectivity index (χ1v) is 7.61. The Bertz CT molecular complexity index is 586. The average molecular weight is 335 g/mol. The van der Waals surface area contributed by atoms with Crippen LogP contribution in [0.15, 0.2) is 54.7 Å². The Morgan fingerprint density at radius 2 is 1.78 bits per heavy atom. The molecule has 0 amide bonds. The van der Waals surface area contributed by atoms with E-state index in [9.17, 15) is 0 Å². The van der Waals surface area contributed by atoms with E-state index in [2.05, 4.69) is 11.9 Å². The molecule has 4 nitrogen and oxygen atoms in total. The zero-order valence-corrected chi connectivity index (χ0v) is 14.0. The molecule has 1 atom stereocenters. The lowest BCUT2D eigenvalue weighted by molar-refractivity contribution is -0.234. The second kappa shape index (κ2) is 7.88. The number of halogens is 1. The van der Waals surface area contributed by atoms with Crippen LogP contribution in [0.2, 0.25) is 0 Å². The molecule has 2 heterocycles. The maximum absolute atomic E-state index is 6.40. The van der Waals surface area contributed by atoms with Gasteiger partial charge in [-0.1, -0.05) is 43.3 Å². The molecule has 23 heavy (non-hydrogen) atoms. The third-order valence-electron chi connectivity index (χ3n) is 4.25. The highest BCUT2D eigenvalue weighted by molar-refractivity contribution is 5.85. The van der Waals surface area contributed by atoms with Gasteiger partial charge in [0.1, 0.15) is 0 Å². The monoisotopic (exact) mass is 334 g/mol. The van der Waals surface area contributed by atoms with Gasteiger partial charge in [0.25, 0.3) is 0 Å². The molecule has 1 aliphatic heterocycles. The Morgan fingerprint density at radius 3 is 2.39 bits per heavy atom. The summed E-state index contributed by atoms with van der Waals surface area (Å²) in [6.45, 7) is 3.28. The fourth-order valence-corrected chi connectivity index (χ4v) is 2.63. The van der Waals surface area contributed by atoms with Crippen molar-refractivity contribution in [2.24, 2.45) is 11.1 Å². The third kappa shape index (κ3) is 4.30. The molecule has 5 heteroatoms. The van der Waals surface area contributed by atoms with E-state index in [0.717, 1.165) is 17.7 Å². The Labute approximate surface area is 143 Å². The summed E-state index contributed by atoms with van der Waals surface area (Å²) in [5.41, 5.74) is 8.24. The van der Waals surface area contributed by atoms with Gasteiger partial charge in [0.15, 0.2) is 6.29 Å². The van der Waals surface area contributed by atoms with Gasteiger partial charge in [0.2, 0.25) is 0 Å². The lowest BCUT2D eigenvalue weighted by Gasteiger charge is -2.41. The Morgan fingerprint density at radius 1 is 1.13 bits per heavy atom. The summed E-state index contributed by atoms with van der Waals surface area (Å²) in [6, 6.07) is 15.8. The third-order valence-corrected chi connectivity index (χ3v) is 4.25. The molecular weight excluding hydrogens is 312 g/mol. The first-order valence-electron chi connectivity index (χ1n) is 7.61. The standard InChI is InChI=1S/C18H22N2O2.ClH/c1-18(16(19)11-15-9-5-6-10-20-15)12-21-17(22-13-18)14-7-3-2-4-8-14;/h2-10,16-17H,11-13,19H2,1H3;1H. The summed E-state index contributed by atoms with van der Waals surface area (Å²) in [5.74, 6) is 0. The van der Waals surface area contributed by atoms with E-state index in [4.69, 9.17) is 15.2 Å². The van der Waals surface area contributed by atoms with Crippen LogP contribution in [0.4, 0.5) is 0 Å². The van der Waals surface area contributed by atoms with E-state index in [1.807, 2.05) is 48.5 Å². The highest BCUT2D eigenvalue weighted by Gasteiger charge is 2.38. The molecule has 1 aromatic heterocycles. The van der Waals surface area contributed by atoms with Crippen LogP contribution in [0.5, 0.6) is 0 Å². The minimum absolute atomic E-state index is 0. The van der Waals surface area contributed by atoms with E-state index >= 15 is 0 Å². The van der Waals surface area contributed by atoms with Crippen LogP contribution in [0, 0.1) is 5.41 Å². The molecule has 0 radical (unpaired) electrons. The molecule has 1 saturated heterocycles. The molecule has 124 valence electrons. The molecule has 1 aromatic carbocycles. The topological polar surface area (TPSA) is 57.4 Å². The van der Waals surface area contributed by atoms with Crippen molar-refractivity contribution in [2.45, 2.75) is 25.7 Å². The first kappa shape index (κ1) is 17.9.